The highest BCUT2D eigenvalue weighted by Gasteiger charge is 2.37. The molecule has 0 radical (unpaired) electrons. The van der Waals surface area contributed by atoms with Crippen molar-refractivity contribution in [3.05, 3.63) is 39.5 Å². The van der Waals surface area contributed by atoms with Crippen molar-refractivity contribution in [2.45, 2.75) is 13.8 Å². The fourth-order valence-electron chi connectivity index (χ4n) is 1.85. The van der Waals surface area contributed by atoms with Gasteiger partial charge in [0.15, 0.2) is 0 Å². The van der Waals surface area contributed by atoms with Crippen LogP contribution in [0.15, 0.2) is 23.1 Å². The molecule has 1 saturated heterocycles. The fraction of sp³-hybridized carbons (Fsp3) is 0.312. The van der Waals surface area contributed by atoms with Crippen molar-refractivity contribution in [2.75, 3.05) is 13.2 Å². The second-order valence-electron chi connectivity index (χ2n) is 5.48. The minimum absolute atomic E-state index is 0.00339. The van der Waals surface area contributed by atoms with E-state index in [4.69, 9.17) is 16.3 Å². The van der Waals surface area contributed by atoms with Gasteiger partial charge in [-0.2, -0.15) is 0 Å². The van der Waals surface area contributed by atoms with Crippen molar-refractivity contribution in [2.24, 2.45) is 5.92 Å². The molecule has 0 aromatic heterocycles. The number of hydrogen-bond acceptors (Lipinski definition) is 5. The Kier molecular flexibility index (Phi) is 6.01. The van der Waals surface area contributed by atoms with Gasteiger partial charge in [-0.05, 0) is 35.9 Å². The number of imide groups is 1. The third kappa shape index (κ3) is 4.36. The Hall–Kier alpha value is -1.86. The van der Waals surface area contributed by atoms with Gasteiger partial charge in [-0.1, -0.05) is 31.5 Å². The fourth-order valence-corrected chi connectivity index (χ4v) is 2.89. The van der Waals surface area contributed by atoms with E-state index in [1.807, 2.05) is 13.8 Å². The van der Waals surface area contributed by atoms with E-state index in [1.165, 1.54) is 24.3 Å². The van der Waals surface area contributed by atoms with Gasteiger partial charge in [-0.25, -0.2) is 4.39 Å². The maximum Gasteiger partial charge on any atom is 0.326 e. The summed E-state index contributed by atoms with van der Waals surface area (Å²) >= 11 is 6.53. The first-order valence-corrected chi connectivity index (χ1v) is 8.34. The minimum atomic E-state index is -0.675. The number of esters is 1. The van der Waals surface area contributed by atoms with Gasteiger partial charge in [0.1, 0.15) is 12.4 Å². The molecule has 1 fully saturated rings. The molecule has 8 heteroatoms. The van der Waals surface area contributed by atoms with Crippen LogP contribution in [-0.4, -0.2) is 35.2 Å². The first-order chi connectivity index (χ1) is 11.3. The molecule has 1 aliphatic heterocycles. The van der Waals surface area contributed by atoms with Crippen molar-refractivity contribution in [1.82, 2.24) is 4.90 Å². The summed E-state index contributed by atoms with van der Waals surface area (Å²) in [6, 6.07) is 4.11. The SMILES string of the molecule is CC(C)COC(=O)CN1C(=O)S/C(=C\c2c(F)cccc2Cl)C1=O. The zero-order chi connectivity index (χ0) is 17.9. The molecular weight excluding hydrogens is 357 g/mol. The molecule has 0 bridgehead atoms. The normalized spacial score (nSPS) is 16.4. The molecule has 0 spiro atoms. The maximum atomic E-state index is 13.8. The van der Waals surface area contributed by atoms with Crippen LogP contribution in [0.25, 0.3) is 6.08 Å². The molecule has 5 nitrogen and oxygen atoms in total. The number of benzene rings is 1. The van der Waals surface area contributed by atoms with Gasteiger partial charge in [-0.15, -0.1) is 0 Å². The molecule has 2 rings (SSSR count). The average molecular weight is 372 g/mol. The molecule has 2 amide bonds. The third-order valence-corrected chi connectivity index (χ3v) is 4.25. The van der Waals surface area contributed by atoms with Gasteiger partial charge in [0.25, 0.3) is 11.1 Å². The number of amides is 2. The van der Waals surface area contributed by atoms with Crippen LogP contribution in [0.3, 0.4) is 0 Å². The molecule has 1 heterocycles. The summed E-state index contributed by atoms with van der Waals surface area (Å²) in [4.78, 5) is 36.6. The second kappa shape index (κ2) is 7.81. The van der Waals surface area contributed by atoms with Crippen molar-refractivity contribution in [3.63, 3.8) is 0 Å². The first kappa shape index (κ1) is 18.5. The predicted octanol–water partition coefficient (Wildman–Crippen LogP) is 3.71. The van der Waals surface area contributed by atoms with Gasteiger partial charge >= 0.3 is 5.97 Å². The summed E-state index contributed by atoms with van der Waals surface area (Å²) in [6.45, 7) is 3.47. The van der Waals surface area contributed by atoms with E-state index in [0.717, 1.165) is 4.90 Å². The van der Waals surface area contributed by atoms with E-state index in [2.05, 4.69) is 0 Å². The molecule has 0 saturated carbocycles. The van der Waals surface area contributed by atoms with Crippen LogP contribution in [0, 0.1) is 11.7 Å². The third-order valence-electron chi connectivity index (χ3n) is 3.01. The summed E-state index contributed by atoms with van der Waals surface area (Å²) in [5.41, 5.74) is 0.0204. The Labute approximate surface area is 147 Å². The summed E-state index contributed by atoms with van der Waals surface area (Å²) in [7, 11) is 0. The van der Waals surface area contributed by atoms with Crippen LogP contribution in [0.2, 0.25) is 5.02 Å². The molecule has 1 aromatic rings. The van der Waals surface area contributed by atoms with E-state index >= 15 is 0 Å². The molecule has 0 unspecified atom stereocenters. The Bertz CT molecular complexity index is 700. The van der Waals surface area contributed by atoms with E-state index in [0.29, 0.717) is 11.8 Å². The van der Waals surface area contributed by atoms with Crippen molar-refractivity contribution in [1.29, 1.82) is 0 Å². The summed E-state index contributed by atoms with van der Waals surface area (Å²) < 4.78 is 18.7. The highest BCUT2D eigenvalue weighted by molar-refractivity contribution is 8.18. The number of carbonyl (C=O) groups is 3. The highest BCUT2D eigenvalue weighted by atomic mass is 35.5. The van der Waals surface area contributed by atoms with Gasteiger partial charge in [-0.3, -0.25) is 19.3 Å². The number of nitrogens with zero attached hydrogens (tertiary/aromatic N) is 1. The molecule has 0 N–H and O–H groups in total. The Balaban J connectivity index is 2.14. The van der Waals surface area contributed by atoms with E-state index in [9.17, 15) is 18.8 Å². The lowest BCUT2D eigenvalue weighted by molar-refractivity contribution is -0.147. The van der Waals surface area contributed by atoms with Crippen LogP contribution < -0.4 is 0 Å². The lowest BCUT2D eigenvalue weighted by atomic mass is 10.2. The molecule has 0 atom stereocenters. The Morgan fingerprint density at radius 2 is 2.12 bits per heavy atom. The largest absolute Gasteiger partial charge is 0.464 e. The van der Waals surface area contributed by atoms with E-state index < -0.39 is 29.5 Å². The molecule has 128 valence electrons. The summed E-state index contributed by atoms with van der Waals surface area (Å²) in [5.74, 6) is -1.81. The zero-order valence-corrected chi connectivity index (χ0v) is 14.6. The first-order valence-electron chi connectivity index (χ1n) is 7.14. The van der Waals surface area contributed by atoms with Crippen LogP contribution in [0.4, 0.5) is 9.18 Å². The molecule has 1 aromatic carbocycles. The summed E-state index contributed by atoms with van der Waals surface area (Å²) in [6.07, 6.45) is 1.21. The van der Waals surface area contributed by atoms with E-state index in [1.54, 1.807) is 0 Å². The van der Waals surface area contributed by atoms with Gasteiger partial charge in [0, 0.05) is 5.56 Å². The van der Waals surface area contributed by atoms with Crippen molar-refractivity contribution < 1.29 is 23.5 Å². The minimum Gasteiger partial charge on any atom is -0.464 e. The number of ether oxygens (including phenoxy) is 1. The van der Waals surface area contributed by atoms with Crippen LogP contribution >= 0.6 is 23.4 Å². The maximum absolute atomic E-state index is 13.8. The van der Waals surface area contributed by atoms with Gasteiger partial charge in [0.05, 0.1) is 16.5 Å². The zero-order valence-electron chi connectivity index (χ0n) is 13.0. The number of thioether (sulfide) groups is 1. The van der Waals surface area contributed by atoms with Gasteiger partial charge < -0.3 is 4.74 Å². The number of carbonyl (C=O) groups excluding carboxylic acids is 3. The quantitative estimate of drug-likeness (QED) is 0.583. The van der Waals surface area contributed by atoms with Gasteiger partial charge in [0.2, 0.25) is 0 Å². The van der Waals surface area contributed by atoms with Crippen LogP contribution in [0.5, 0.6) is 0 Å². The van der Waals surface area contributed by atoms with Crippen molar-refractivity contribution >= 4 is 46.6 Å². The number of halogens is 2. The van der Waals surface area contributed by atoms with Crippen LogP contribution in [0.1, 0.15) is 19.4 Å². The van der Waals surface area contributed by atoms with E-state index in [-0.39, 0.29) is 28.0 Å². The van der Waals surface area contributed by atoms with Crippen LogP contribution in [-0.2, 0) is 14.3 Å². The second-order valence-corrected chi connectivity index (χ2v) is 6.88. The Morgan fingerprint density at radius 1 is 1.42 bits per heavy atom. The molecular formula is C16H15ClFNO4S. The highest BCUT2D eigenvalue weighted by Crippen LogP contribution is 2.34. The molecule has 0 aliphatic carbocycles. The summed E-state index contributed by atoms with van der Waals surface area (Å²) in [5, 5.41) is -0.488. The standard InChI is InChI=1S/C16H15ClFNO4S/c1-9(2)8-23-14(20)7-19-15(21)13(24-16(19)22)6-10-11(17)4-3-5-12(10)18/h3-6,9H,7-8H2,1-2H3/b13-6-. The Morgan fingerprint density at radius 3 is 2.75 bits per heavy atom. The monoisotopic (exact) mass is 371 g/mol. The number of rotatable bonds is 5. The topological polar surface area (TPSA) is 63.7 Å². The average Bonchev–Trinajstić information content (AvgIpc) is 2.76. The molecule has 24 heavy (non-hydrogen) atoms. The predicted molar refractivity (Wildman–Crippen MR) is 89.9 cm³/mol. The molecule has 1 aliphatic rings. The lowest BCUT2D eigenvalue weighted by Crippen LogP contribution is -2.34. The lowest BCUT2D eigenvalue weighted by Gasteiger charge is -2.12. The number of hydrogen-bond donors (Lipinski definition) is 0. The van der Waals surface area contributed by atoms with Crippen molar-refractivity contribution in [3.8, 4) is 0 Å². The smallest absolute Gasteiger partial charge is 0.326 e.